The number of rotatable bonds is 2. The van der Waals surface area contributed by atoms with E-state index in [4.69, 9.17) is 18.0 Å². The van der Waals surface area contributed by atoms with Crippen molar-refractivity contribution in [1.82, 2.24) is 0 Å². The van der Waals surface area contributed by atoms with Crippen LogP contribution in [0.4, 0.5) is 11.4 Å². The van der Waals surface area contributed by atoms with Crippen LogP contribution in [0.3, 0.4) is 0 Å². The Morgan fingerprint density at radius 2 is 2.33 bits per heavy atom. The quantitative estimate of drug-likeness (QED) is 0.802. The molecule has 18 heavy (non-hydrogen) atoms. The molecule has 0 unspecified atom stereocenters. The Balaban J connectivity index is 2.34. The number of benzene rings is 1. The predicted molar refractivity (Wildman–Crippen MR) is 77.8 cm³/mol. The molecule has 1 aromatic rings. The van der Waals surface area contributed by atoms with Gasteiger partial charge in [0.05, 0.1) is 0 Å². The topological polar surface area (TPSA) is 58.4 Å². The lowest BCUT2D eigenvalue weighted by molar-refractivity contribution is -0.118. The molecule has 1 aliphatic rings. The lowest BCUT2D eigenvalue weighted by Crippen LogP contribution is -2.35. The molecule has 4 nitrogen and oxygen atoms in total. The van der Waals surface area contributed by atoms with Gasteiger partial charge in [0.1, 0.15) is 0 Å². The molecular formula is C13H17N3OS. The average molecular weight is 263 g/mol. The van der Waals surface area contributed by atoms with Crippen LogP contribution in [0.25, 0.3) is 0 Å². The maximum atomic E-state index is 11.9. The monoisotopic (exact) mass is 263 g/mol. The summed E-state index contributed by atoms with van der Waals surface area (Å²) in [7, 11) is 0. The molecule has 5 heteroatoms. The summed E-state index contributed by atoms with van der Waals surface area (Å²) in [5.41, 5.74) is 8.48. The Kier molecular flexibility index (Phi) is 3.81. The van der Waals surface area contributed by atoms with E-state index in [1.807, 2.05) is 30.0 Å². The summed E-state index contributed by atoms with van der Waals surface area (Å²) in [5.74, 6) is 0.156. The van der Waals surface area contributed by atoms with E-state index in [0.717, 1.165) is 30.8 Å². The number of aryl methyl sites for hydroxylation is 1. The third kappa shape index (κ3) is 2.61. The zero-order valence-corrected chi connectivity index (χ0v) is 11.2. The number of hydrogen-bond donors (Lipinski definition) is 2. The highest BCUT2D eigenvalue weighted by Gasteiger charge is 2.21. The van der Waals surface area contributed by atoms with Crippen LogP contribution in [0.15, 0.2) is 18.2 Å². The molecule has 3 N–H and O–H groups in total. The molecule has 0 saturated carbocycles. The van der Waals surface area contributed by atoms with Crippen LogP contribution >= 0.6 is 12.2 Å². The van der Waals surface area contributed by atoms with Gasteiger partial charge in [-0.2, -0.15) is 0 Å². The fourth-order valence-electron chi connectivity index (χ4n) is 2.24. The minimum absolute atomic E-state index is 0.156. The van der Waals surface area contributed by atoms with Crippen molar-refractivity contribution in [3.63, 3.8) is 0 Å². The Labute approximate surface area is 112 Å². The summed E-state index contributed by atoms with van der Waals surface area (Å²) >= 11 is 4.82. The number of nitrogens with one attached hydrogen (secondary N) is 1. The molecule has 0 spiro atoms. The number of thiocarbonyl (C=S) groups is 1. The van der Waals surface area contributed by atoms with Gasteiger partial charge in [-0.25, -0.2) is 0 Å². The van der Waals surface area contributed by atoms with Crippen molar-refractivity contribution in [3.8, 4) is 0 Å². The third-order valence-electron chi connectivity index (χ3n) is 3.07. The Bertz CT molecular complexity index is 487. The van der Waals surface area contributed by atoms with Crippen LogP contribution in [-0.4, -0.2) is 17.6 Å². The number of carbonyl (C=O) groups is 1. The second-order valence-corrected chi connectivity index (χ2v) is 4.78. The number of hydrogen-bond acceptors (Lipinski definition) is 2. The summed E-state index contributed by atoms with van der Waals surface area (Å²) in [6, 6.07) is 5.92. The van der Waals surface area contributed by atoms with Gasteiger partial charge in [0, 0.05) is 24.3 Å². The molecule has 2 rings (SSSR count). The zero-order valence-electron chi connectivity index (χ0n) is 10.4. The zero-order chi connectivity index (χ0) is 13.1. The number of amides is 1. The first-order chi connectivity index (χ1) is 8.61. The fraction of sp³-hybridized carbons (Fsp3) is 0.385. The van der Waals surface area contributed by atoms with Gasteiger partial charge in [-0.1, -0.05) is 13.0 Å². The van der Waals surface area contributed by atoms with Gasteiger partial charge in [0.2, 0.25) is 5.91 Å². The van der Waals surface area contributed by atoms with E-state index in [-0.39, 0.29) is 11.0 Å². The summed E-state index contributed by atoms with van der Waals surface area (Å²) in [6.45, 7) is 2.67. The number of nitrogens with zero attached hydrogens (tertiary/aromatic N) is 1. The minimum Gasteiger partial charge on any atom is -0.376 e. The van der Waals surface area contributed by atoms with Crippen molar-refractivity contribution < 1.29 is 4.79 Å². The van der Waals surface area contributed by atoms with Gasteiger partial charge >= 0.3 is 0 Å². The first kappa shape index (κ1) is 12.8. The number of nitrogens with two attached hydrogens (primary N) is 1. The smallest absolute Gasteiger partial charge is 0.226 e. The molecule has 0 aliphatic carbocycles. The number of fused-ring (bicyclic) bond motifs is 1. The van der Waals surface area contributed by atoms with Gasteiger partial charge in [-0.3, -0.25) is 4.79 Å². The van der Waals surface area contributed by atoms with E-state index < -0.39 is 0 Å². The maximum Gasteiger partial charge on any atom is 0.226 e. The van der Waals surface area contributed by atoms with Crippen molar-refractivity contribution in [2.24, 2.45) is 5.73 Å². The van der Waals surface area contributed by atoms with Gasteiger partial charge in [0.15, 0.2) is 5.11 Å². The number of carbonyl (C=O) groups excluding carboxylic acids is 1. The van der Waals surface area contributed by atoms with Crippen molar-refractivity contribution in [1.29, 1.82) is 0 Å². The lowest BCUT2D eigenvalue weighted by atomic mass is 10.0. The molecule has 0 atom stereocenters. The van der Waals surface area contributed by atoms with Crippen LogP contribution in [0.1, 0.15) is 25.3 Å². The molecule has 0 radical (unpaired) electrons. The molecule has 0 saturated heterocycles. The van der Waals surface area contributed by atoms with Crippen molar-refractivity contribution in [3.05, 3.63) is 23.8 Å². The Morgan fingerprint density at radius 3 is 3.00 bits per heavy atom. The van der Waals surface area contributed by atoms with E-state index in [0.29, 0.717) is 6.42 Å². The molecule has 1 aromatic carbocycles. The summed E-state index contributed by atoms with van der Waals surface area (Å²) in [4.78, 5) is 13.8. The van der Waals surface area contributed by atoms with E-state index in [1.165, 1.54) is 5.56 Å². The van der Waals surface area contributed by atoms with Crippen LogP contribution in [-0.2, 0) is 11.2 Å². The van der Waals surface area contributed by atoms with E-state index in [2.05, 4.69) is 5.32 Å². The van der Waals surface area contributed by atoms with Crippen LogP contribution < -0.4 is 16.0 Å². The molecule has 1 heterocycles. The molecular weight excluding hydrogens is 246 g/mol. The molecule has 96 valence electrons. The Morgan fingerprint density at radius 1 is 1.56 bits per heavy atom. The molecule has 0 aromatic heterocycles. The van der Waals surface area contributed by atoms with Gasteiger partial charge in [-0.15, -0.1) is 0 Å². The fourth-order valence-corrected chi connectivity index (χ4v) is 2.36. The first-order valence-electron chi connectivity index (χ1n) is 6.11. The third-order valence-corrected chi connectivity index (χ3v) is 3.18. The molecule has 1 amide bonds. The first-order valence-corrected chi connectivity index (χ1v) is 6.52. The van der Waals surface area contributed by atoms with E-state index in [1.54, 1.807) is 0 Å². The normalized spacial score (nSPS) is 13.9. The SMILES string of the molecule is CCC(=O)N1CCCc2ccc(NC(N)=S)cc21. The predicted octanol–water partition coefficient (Wildman–Crippen LogP) is 2.03. The van der Waals surface area contributed by atoms with Crippen LogP contribution in [0, 0.1) is 0 Å². The number of anilines is 2. The standard InChI is InChI=1S/C13H17N3OS/c1-2-12(17)16-7-3-4-9-5-6-10(8-11(9)16)15-13(14)18/h5-6,8H,2-4,7H2,1H3,(H3,14,15,18). The summed E-state index contributed by atoms with van der Waals surface area (Å²) < 4.78 is 0. The second-order valence-electron chi connectivity index (χ2n) is 4.34. The van der Waals surface area contributed by atoms with E-state index in [9.17, 15) is 4.79 Å². The summed E-state index contributed by atoms with van der Waals surface area (Å²) in [6.07, 6.45) is 2.55. The highest BCUT2D eigenvalue weighted by molar-refractivity contribution is 7.80. The highest BCUT2D eigenvalue weighted by atomic mass is 32.1. The summed E-state index contributed by atoms with van der Waals surface area (Å²) in [5, 5.41) is 3.14. The van der Waals surface area contributed by atoms with E-state index >= 15 is 0 Å². The second kappa shape index (κ2) is 5.35. The Hall–Kier alpha value is -1.62. The van der Waals surface area contributed by atoms with Gasteiger partial charge < -0.3 is 16.0 Å². The van der Waals surface area contributed by atoms with Gasteiger partial charge in [-0.05, 0) is 42.8 Å². The van der Waals surface area contributed by atoms with Crippen LogP contribution in [0.2, 0.25) is 0 Å². The minimum atomic E-state index is 0.156. The molecule has 0 bridgehead atoms. The van der Waals surface area contributed by atoms with Crippen molar-refractivity contribution in [2.45, 2.75) is 26.2 Å². The van der Waals surface area contributed by atoms with Gasteiger partial charge in [0.25, 0.3) is 0 Å². The largest absolute Gasteiger partial charge is 0.376 e. The lowest BCUT2D eigenvalue weighted by Gasteiger charge is -2.29. The highest BCUT2D eigenvalue weighted by Crippen LogP contribution is 2.30. The van der Waals surface area contributed by atoms with Crippen LogP contribution in [0.5, 0.6) is 0 Å². The van der Waals surface area contributed by atoms with Crippen molar-refractivity contribution >= 4 is 34.6 Å². The molecule has 1 aliphatic heterocycles. The molecule has 0 fully saturated rings. The van der Waals surface area contributed by atoms with Crippen molar-refractivity contribution in [2.75, 3.05) is 16.8 Å². The average Bonchev–Trinajstić information content (AvgIpc) is 2.36. The maximum absolute atomic E-state index is 11.9.